The first kappa shape index (κ1) is 20.0. The number of aliphatic carboxylic acids is 1. The summed E-state index contributed by atoms with van der Waals surface area (Å²) in [5.74, 6) is -1.54. The average molecular weight is 360 g/mol. The SMILES string of the molecule is C=C(C)[C@@H]1CCC(C(=O)O)=CC1c1c(O)cc(CCC(O)CC)cc1O. The van der Waals surface area contributed by atoms with Gasteiger partial charge in [0.1, 0.15) is 11.5 Å². The highest BCUT2D eigenvalue weighted by Gasteiger charge is 2.32. The van der Waals surface area contributed by atoms with Crippen LogP contribution in [0, 0.1) is 5.92 Å². The number of benzene rings is 1. The predicted octanol–water partition coefficient (Wildman–Crippen LogP) is 3.88. The molecule has 0 aliphatic heterocycles. The quantitative estimate of drug-likeness (QED) is 0.553. The lowest BCUT2D eigenvalue weighted by molar-refractivity contribution is -0.133. The topological polar surface area (TPSA) is 98.0 Å². The molecule has 1 aromatic rings. The van der Waals surface area contributed by atoms with Crippen molar-refractivity contribution >= 4 is 5.97 Å². The Kier molecular flexibility index (Phi) is 6.48. The first-order valence-corrected chi connectivity index (χ1v) is 9.06. The standard InChI is InChI=1S/C21H28O5/c1-4-15(22)7-5-13-9-18(23)20(19(24)10-13)17-11-14(21(25)26)6-8-16(17)12(2)3/h9-11,15-17,22-24H,2,4-8H2,1,3H3,(H,25,26)/t15?,16-,17?/m0/s1. The molecule has 26 heavy (non-hydrogen) atoms. The lowest BCUT2D eigenvalue weighted by Gasteiger charge is -2.31. The van der Waals surface area contributed by atoms with Gasteiger partial charge in [0.15, 0.2) is 0 Å². The molecular formula is C21H28O5. The third kappa shape index (κ3) is 4.47. The number of phenols is 2. The minimum absolute atomic E-state index is 0.0392. The van der Waals surface area contributed by atoms with E-state index in [0.29, 0.717) is 43.2 Å². The number of aliphatic hydroxyl groups excluding tert-OH is 1. The summed E-state index contributed by atoms with van der Waals surface area (Å²) in [7, 11) is 0. The van der Waals surface area contributed by atoms with E-state index in [2.05, 4.69) is 6.58 Å². The van der Waals surface area contributed by atoms with Crippen molar-refractivity contribution in [3.63, 3.8) is 0 Å². The van der Waals surface area contributed by atoms with Gasteiger partial charge in [-0.05, 0) is 62.6 Å². The molecule has 5 nitrogen and oxygen atoms in total. The van der Waals surface area contributed by atoms with Gasteiger partial charge in [0.2, 0.25) is 0 Å². The summed E-state index contributed by atoms with van der Waals surface area (Å²) in [5.41, 5.74) is 2.27. The molecule has 0 bridgehead atoms. The van der Waals surface area contributed by atoms with E-state index in [9.17, 15) is 25.2 Å². The number of aromatic hydroxyl groups is 2. The summed E-state index contributed by atoms with van der Waals surface area (Å²) in [6, 6.07) is 3.19. The highest BCUT2D eigenvalue weighted by molar-refractivity contribution is 5.87. The van der Waals surface area contributed by atoms with Crippen LogP contribution in [-0.4, -0.2) is 32.5 Å². The van der Waals surface area contributed by atoms with Gasteiger partial charge in [-0.15, -0.1) is 0 Å². The molecule has 0 fully saturated rings. The van der Waals surface area contributed by atoms with Gasteiger partial charge in [0, 0.05) is 17.1 Å². The molecule has 0 amide bonds. The summed E-state index contributed by atoms with van der Waals surface area (Å²) in [5, 5.41) is 40.1. The Morgan fingerprint density at radius 2 is 1.92 bits per heavy atom. The molecule has 1 aliphatic rings. The van der Waals surface area contributed by atoms with Crippen LogP contribution in [0.2, 0.25) is 0 Å². The fourth-order valence-electron chi connectivity index (χ4n) is 3.63. The van der Waals surface area contributed by atoms with Crippen LogP contribution >= 0.6 is 0 Å². The Morgan fingerprint density at radius 3 is 2.42 bits per heavy atom. The third-order valence-electron chi connectivity index (χ3n) is 5.21. The van der Waals surface area contributed by atoms with E-state index in [-0.39, 0.29) is 17.4 Å². The molecular weight excluding hydrogens is 332 g/mol. The lowest BCUT2D eigenvalue weighted by Crippen LogP contribution is -2.20. The Morgan fingerprint density at radius 1 is 1.31 bits per heavy atom. The van der Waals surface area contributed by atoms with Crippen molar-refractivity contribution in [2.24, 2.45) is 5.92 Å². The number of allylic oxidation sites excluding steroid dienone is 2. The molecule has 2 unspecified atom stereocenters. The largest absolute Gasteiger partial charge is 0.507 e. The number of aliphatic hydroxyl groups is 1. The molecule has 0 spiro atoms. The number of phenolic OH excluding ortho intramolecular Hbond substituents is 2. The van der Waals surface area contributed by atoms with Gasteiger partial charge in [-0.3, -0.25) is 0 Å². The van der Waals surface area contributed by atoms with Crippen molar-refractivity contribution in [2.45, 2.75) is 58.0 Å². The molecule has 0 aromatic heterocycles. The van der Waals surface area contributed by atoms with Gasteiger partial charge in [0.05, 0.1) is 6.10 Å². The van der Waals surface area contributed by atoms with E-state index < -0.39 is 18.0 Å². The van der Waals surface area contributed by atoms with Crippen LogP contribution in [0.5, 0.6) is 11.5 Å². The highest BCUT2D eigenvalue weighted by Crippen LogP contribution is 2.46. The van der Waals surface area contributed by atoms with Crippen molar-refractivity contribution in [1.82, 2.24) is 0 Å². The zero-order chi connectivity index (χ0) is 19.4. The molecule has 0 heterocycles. The van der Waals surface area contributed by atoms with Gasteiger partial charge in [-0.25, -0.2) is 4.79 Å². The normalized spacial score (nSPS) is 21.1. The minimum Gasteiger partial charge on any atom is -0.507 e. The monoisotopic (exact) mass is 360 g/mol. The second kappa shape index (κ2) is 8.41. The second-order valence-electron chi connectivity index (χ2n) is 7.16. The van der Waals surface area contributed by atoms with E-state index in [1.807, 2.05) is 13.8 Å². The molecule has 2 rings (SSSR count). The number of aryl methyl sites for hydroxylation is 1. The first-order valence-electron chi connectivity index (χ1n) is 9.06. The Balaban J connectivity index is 2.39. The van der Waals surface area contributed by atoms with Gasteiger partial charge >= 0.3 is 5.97 Å². The molecule has 3 atom stereocenters. The van der Waals surface area contributed by atoms with E-state index in [1.54, 1.807) is 18.2 Å². The zero-order valence-corrected chi connectivity index (χ0v) is 15.4. The maximum absolute atomic E-state index is 11.4. The van der Waals surface area contributed by atoms with Crippen molar-refractivity contribution < 1.29 is 25.2 Å². The highest BCUT2D eigenvalue weighted by atomic mass is 16.4. The lowest BCUT2D eigenvalue weighted by atomic mass is 9.73. The molecule has 0 saturated heterocycles. The van der Waals surface area contributed by atoms with Gasteiger partial charge in [-0.2, -0.15) is 0 Å². The van der Waals surface area contributed by atoms with Crippen LogP contribution in [0.4, 0.5) is 0 Å². The number of carboxylic acid groups (broad SMARTS) is 1. The van der Waals surface area contributed by atoms with Crippen LogP contribution in [-0.2, 0) is 11.2 Å². The summed E-state index contributed by atoms with van der Waals surface area (Å²) in [6.45, 7) is 7.77. The van der Waals surface area contributed by atoms with E-state index in [1.165, 1.54) is 0 Å². The van der Waals surface area contributed by atoms with Crippen LogP contribution in [0.15, 0.2) is 35.9 Å². The molecule has 1 aromatic carbocycles. The Bertz CT molecular complexity index is 696. The summed E-state index contributed by atoms with van der Waals surface area (Å²) in [6.07, 6.45) is 4.02. The average Bonchev–Trinajstić information content (AvgIpc) is 2.58. The molecule has 142 valence electrons. The molecule has 4 N–H and O–H groups in total. The Labute approximate surface area is 154 Å². The zero-order valence-electron chi connectivity index (χ0n) is 15.4. The minimum atomic E-state index is -0.973. The van der Waals surface area contributed by atoms with Crippen LogP contribution in [0.25, 0.3) is 0 Å². The fourth-order valence-corrected chi connectivity index (χ4v) is 3.63. The van der Waals surface area contributed by atoms with Crippen molar-refractivity contribution in [3.8, 4) is 11.5 Å². The van der Waals surface area contributed by atoms with Crippen molar-refractivity contribution in [2.75, 3.05) is 0 Å². The number of hydrogen-bond acceptors (Lipinski definition) is 4. The maximum atomic E-state index is 11.4. The molecule has 5 heteroatoms. The van der Waals surface area contributed by atoms with Crippen molar-refractivity contribution in [1.29, 1.82) is 0 Å². The molecule has 0 radical (unpaired) electrons. The number of hydrogen-bond donors (Lipinski definition) is 4. The van der Waals surface area contributed by atoms with E-state index >= 15 is 0 Å². The summed E-state index contributed by atoms with van der Waals surface area (Å²) in [4.78, 5) is 11.4. The third-order valence-corrected chi connectivity index (χ3v) is 5.21. The van der Waals surface area contributed by atoms with Gasteiger partial charge in [-0.1, -0.05) is 25.2 Å². The van der Waals surface area contributed by atoms with E-state index in [0.717, 1.165) is 11.1 Å². The predicted molar refractivity (Wildman–Crippen MR) is 100 cm³/mol. The number of rotatable bonds is 7. The second-order valence-corrected chi connectivity index (χ2v) is 7.16. The molecule has 0 saturated carbocycles. The van der Waals surface area contributed by atoms with E-state index in [4.69, 9.17) is 0 Å². The smallest absolute Gasteiger partial charge is 0.331 e. The van der Waals surface area contributed by atoms with Crippen LogP contribution < -0.4 is 0 Å². The molecule has 1 aliphatic carbocycles. The van der Waals surface area contributed by atoms with Crippen LogP contribution in [0.1, 0.15) is 56.6 Å². The first-order chi connectivity index (χ1) is 12.2. The van der Waals surface area contributed by atoms with Crippen molar-refractivity contribution in [3.05, 3.63) is 47.1 Å². The maximum Gasteiger partial charge on any atom is 0.331 e. The summed E-state index contributed by atoms with van der Waals surface area (Å²) < 4.78 is 0. The van der Waals surface area contributed by atoms with Crippen LogP contribution in [0.3, 0.4) is 0 Å². The number of carboxylic acids is 1. The van der Waals surface area contributed by atoms with Gasteiger partial charge < -0.3 is 20.4 Å². The van der Waals surface area contributed by atoms with Gasteiger partial charge in [0.25, 0.3) is 0 Å². The number of carbonyl (C=O) groups is 1. The summed E-state index contributed by atoms with van der Waals surface area (Å²) >= 11 is 0. The Hall–Kier alpha value is -2.27. The fraction of sp³-hybridized carbons (Fsp3) is 0.476.